The van der Waals surface area contributed by atoms with Crippen LogP contribution in [0, 0.1) is 5.82 Å². The van der Waals surface area contributed by atoms with Gasteiger partial charge in [0.2, 0.25) is 0 Å². The van der Waals surface area contributed by atoms with Gasteiger partial charge in [-0.3, -0.25) is 0 Å². The van der Waals surface area contributed by atoms with Crippen molar-refractivity contribution in [2.24, 2.45) is 0 Å². The number of phenolic OH excluding ortho intramolecular Hbond substituents is 1. The van der Waals surface area contributed by atoms with Gasteiger partial charge in [-0.15, -0.1) is 0 Å². The van der Waals surface area contributed by atoms with Crippen molar-refractivity contribution < 1.29 is 24.2 Å². The van der Waals surface area contributed by atoms with Crippen LogP contribution in [-0.4, -0.2) is 22.5 Å². The highest BCUT2D eigenvalue weighted by atomic mass is 19.1. The third-order valence-electron chi connectivity index (χ3n) is 1.18. The van der Waals surface area contributed by atoms with Gasteiger partial charge in [-0.1, -0.05) is 6.07 Å². The number of phenols is 1. The van der Waals surface area contributed by atoms with Gasteiger partial charge in [-0.05, 0) is 12.1 Å². The first-order chi connectivity index (χ1) is 5.61. The monoisotopic (exact) mass is 172 g/mol. The molecule has 6 heteroatoms. The zero-order valence-electron chi connectivity index (χ0n) is 5.94. The molecule has 12 heavy (non-hydrogen) atoms. The van der Waals surface area contributed by atoms with E-state index >= 15 is 0 Å². The molecule has 0 bridgehead atoms. The average Bonchev–Trinajstić information content (AvgIpc) is 1.98. The Bertz CT molecular complexity index is 278. The van der Waals surface area contributed by atoms with Crippen LogP contribution in [0.5, 0.6) is 11.5 Å². The lowest BCUT2D eigenvalue weighted by atomic mass is 10.2. The minimum absolute atomic E-state index is 0.315. The quantitative estimate of drug-likeness (QED) is 0.543. The van der Waals surface area contributed by atoms with Crippen LogP contribution in [0.3, 0.4) is 0 Å². The number of halogens is 1. The fourth-order valence-corrected chi connectivity index (χ4v) is 0.704. The van der Waals surface area contributed by atoms with Crippen molar-refractivity contribution in [3.8, 4) is 11.5 Å². The van der Waals surface area contributed by atoms with Crippen LogP contribution in [0.2, 0.25) is 0 Å². The van der Waals surface area contributed by atoms with Crippen molar-refractivity contribution in [2.45, 2.75) is 0 Å². The Labute approximate surface area is 68.0 Å². The van der Waals surface area contributed by atoms with Gasteiger partial charge in [-0.2, -0.15) is 0 Å². The number of benzene rings is 1. The number of rotatable bonds is 2. The fourth-order valence-electron chi connectivity index (χ4n) is 0.704. The van der Waals surface area contributed by atoms with E-state index in [0.29, 0.717) is 0 Å². The standard InChI is InChI=1S/C6H6BFO4/c8-4-2-1-3-5(6(4)9)12-7(10)11/h1-3,9-11H. The van der Waals surface area contributed by atoms with Gasteiger partial charge in [0.25, 0.3) is 0 Å². The summed E-state index contributed by atoms with van der Waals surface area (Å²) in [5, 5.41) is 25.6. The molecule has 0 aliphatic rings. The van der Waals surface area contributed by atoms with E-state index in [9.17, 15) is 4.39 Å². The number of hydrogen-bond acceptors (Lipinski definition) is 4. The van der Waals surface area contributed by atoms with Gasteiger partial charge in [0.15, 0.2) is 11.6 Å². The van der Waals surface area contributed by atoms with Gasteiger partial charge >= 0.3 is 7.32 Å². The molecule has 3 N–H and O–H groups in total. The van der Waals surface area contributed by atoms with Crippen LogP contribution in [0.4, 0.5) is 4.39 Å². The van der Waals surface area contributed by atoms with E-state index in [1.165, 1.54) is 12.1 Å². The number of hydrogen-bond donors (Lipinski definition) is 3. The minimum atomic E-state index is -2.07. The van der Waals surface area contributed by atoms with Crippen LogP contribution in [0.1, 0.15) is 0 Å². The molecule has 1 aromatic carbocycles. The first-order valence-corrected chi connectivity index (χ1v) is 3.11. The molecule has 64 valence electrons. The Hall–Kier alpha value is -1.27. The Morgan fingerprint density at radius 2 is 2.00 bits per heavy atom. The average molecular weight is 172 g/mol. The van der Waals surface area contributed by atoms with Crippen molar-refractivity contribution in [3.05, 3.63) is 24.0 Å². The van der Waals surface area contributed by atoms with E-state index in [2.05, 4.69) is 4.65 Å². The molecule has 0 heterocycles. The molecule has 0 aromatic heterocycles. The lowest BCUT2D eigenvalue weighted by molar-refractivity contribution is 0.279. The summed E-state index contributed by atoms with van der Waals surface area (Å²) >= 11 is 0. The van der Waals surface area contributed by atoms with E-state index in [4.69, 9.17) is 15.2 Å². The SMILES string of the molecule is OB(O)Oc1cccc(F)c1O. The summed E-state index contributed by atoms with van der Waals surface area (Å²) in [6, 6.07) is 3.50. The maximum absolute atomic E-state index is 12.5. The summed E-state index contributed by atoms with van der Waals surface area (Å²) in [6.07, 6.45) is 0. The van der Waals surface area contributed by atoms with Crippen LogP contribution >= 0.6 is 0 Å². The van der Waals surface area contributed by atoms with E-state index in [-0.39, 0.29) is 5.75 Å². The van der Waals surface area contributed by atoms with Crippen molar-refractivity contribution in [1.82, 2.24) is 0 Å². The molecule has 0 aliphatic heterocycles. The Kier molecular flexibility index (Phi) is 2.52. The summed E-state index contributed by atoms with van der Waals surface area (Å²) in [5.74, 6) is -1.94. The first kappa shape index (κ1) is 8.83. The third-order valence-corrected chi connectivity index (χ3v) is 1.18. The maximum Gasteiger partial charge on any atom is 0.707 e. The molecule has 0 radical (unpaired) electrons. The van der Waals surface area contributed by atoms with Gasteiger partial charge in [0.05, 0.1) is 0 Å². The predicted molar refractivity (Wildman–Crippen MR) is 38.9 cm³/mol. The van der Waals surface area contributed by atoms with Crippen molar-refractivity contribution in [3.63, 3.8) is 0 Å². The van der Waals surface area contributed by atoms with E-state index in [1.807, 2.05) is 0 Å². The molecule has 0 spiro atoms. The lowest BCUT2D eigenvalue weighted by Gasteiger charge is -2.06. The summed E-state index contributed by atoms with van der Waals surface area (Å²) < 4.78 is 16.8. The zero-order chi connectivity index (χ0) is 9.14. The first-order valence-electron chi connectivity index (χ1n) is 3.11. The molecular weight excluding hydrogens is 166 g/mol. The third kappa shape index (κ3) is 1.87. The molecule has 0 aliphatic carbocycles. The Morgan fingerprint density at radius 1 is 1.33 bits per heavy atom. The van der Waals surface area contributed by atoms with E-state index < -0.39 is 18.9 Å². The molecule has 1 rings (SSSR count). The van der Waals surface area contributed by atoms with Gasteiger partial charge < -0.3 is 19.8 Å². The summed E-state index contributed by atoms with van der Waals surface area (Å²) in [6.45, 7) is 0. The van der Waals surface area contributed by atoms with Gasteiger partial charge in [0, 0.05) is 0 Å². The molecule has 4 nitrogen and oxygen atoms in total. The highest BCUT2D eigenvalue weighted by Gasteiger charge is 2.15. The normalized spacial score (nSPS) is 9.58. The maximum atomic E-state index is 12.5. The van der Waals surface area contributed by atoms with Crippen LogP contribution < -0.4 is 4.65 Å². The number of aromatic hydroxyl groups is 1. The summed E-state index contributed by atoms with van der Waals surface area (Å²) in [7, 11) is -2.07. The second-order valence-electron chi connectivity index (χ2n) is 2.03. The van der Waals surface area contributed by atoms with Gasteiger partial charge in [-0.25, -0.2) is 4.39 Å². The molecular formula is C6H6BFO4. The van der Waals surface area contributed by atoms with E-state index in [1.54, 1.807) is 0 Å². The Morgan fingerprint density at radius 3 is 2.58 bits per heavy atom. The number of para-hydroxylation sites is 1. The Balaban J connectivity index is 2.92. The molecule has 0 fully saturated rings. The molecule has 0 saturated carbocycles. The van der Waals surface area contributed by atoms with Crippen molar-refractivity contribution >= 4 is 7.32 Å². The van der Waals surface area contributed by atoms with Crippen LogP contribution in [0.25, 0.3) is 0 Å². The topological polar surface area (TPSA) is 69.9 Å². The van der Waals surface area contributed by atoms with E-state index in [0.717, 1.165) is 6.07 Å². The minimum Gasteiger partial charge on any atom is -0.509 e. The molecule has 0 unspecified atom stereocenters. The van der Waals surface area contributed by atoms with Crippen molar-refractivity contribution in [1.29, 1.82) is 0 Å². The summed E-state index contributed by atoms with van der Waals surface area (Å²) in [4.78, 5) is 0. The van der Waals surface area contributed by atoms with Crippen LogP contribution in [0.15, 0.2) is 18.2 Å². The smallest absolute Gasteiger partial charge is 0.509 e. The lowest BCUT2D eigenvalue weighted by Crippen LogP contribution is -2.20. The van der Waals surface area contributed by atoms with Gasteiger partial charge in [0.1, 0.15) is 5.75 Å². The predicted octanol–water partition coefficient (Wildman–Crippen LogP) is -0.120. The highest BCUT2D eigenvalue weighted by molar-refractivity contribution is 6.33. The molecule has 0 atom stereocenters. The molecule has 0 amide bonds. The highest BCUT2D eigenvalue weighted by Crippen LogP contribution is 2.28. The van der Waals surface area contributed by atoms with Crippen LogP contribution in [-0.2, 0) is 0 Å². The molecule has 0 saturated heterocycles. The largest absolute Gasteiger partial charge is 0.707 e. The fraction of sp³-hybridized carbons (Fsp3) is 0. The van der Waals surface area contributed by atoms with Crippen molar-refractivity contribution in [2.75, 3.05) is 0 Å². The second kappa shape index (κ2) is 3.42. The zero-order valence-corrected chi connectivity index (χ0v) is 5.94. The molecule has 1 aromatic rings. The second-order valence-corrected chi connectivity index (χ2v) is 2.03. The summed E-state index contributed by atoms with van der Waals surface area (Å²) in [5.41, 5.74) is 0.